The molecule has 0 aliphatic heterocycles. The van der Waals surface area contributed by atoms with E-state index in [-0.39, 0.29) is 1.43 Å². The Hall–Kier alpha value is -2.16. The molecule has 1 aliphatic carbocycles. The molecule has 1 aliphatic rings. The first-order valence-electron chi connectivity index (χ1n) is 8.70. The van der Waals surface area contributed by atoms with Crippen molar-refractivity contribution in [2.45, 2.75) is 47.0 Å². The van der Waals surface area contributed by atoms with Crippen LogP contribution in [0.3, 0.4) is 0 Å². The number of benzene rings is 1. The maximum absolute atomic E-state index is 9.50. The number of nitrogens with one attached hydrogen (secondary N) is 1. The SMILES string of the molecule is C1=CC(/C=C/c2n[nH]c3ccccc23)=CCC1.CC.CCC.CF.[HH]. The molecule has 3 heteroatoms. The van der Waals surface area contributed by atoms with Gasteiger partial charge in [-0.3, -0.25) is 9.49 Å². The minimum absolute atomic E-state index is 0. The Morgan fingerprint density at radius 2 is 1.79 bits per heavy atom. The van der Waals surface area contributed by atoms with Crippen LogP contribution in [0.1, 0.15) is 54.1 Å². The zero-order chi connectivity index (χ0) is 18.2. The average molecular weight is 333 g/mol. The number of alkyl halides is 1. The predicted octanol–water partition coefficient (Wildman–Crippen LogP) is 7.13. The van der Waals surface area contributed by atoms with Crippen LogP contribution in [0.5, 0.6) is 0 Å². The third-order valence-electron chi connectivity index (χ3n) is 2.96. The Labute approximate surface area is 147 Å². The van der Waals surface area contributed by atoms with Crippen molar-refractivity contribution in [3.05, 3.63) is 59.8 Å². The number of H-pyrrole nitrogens is 1. The van der Waals surface area contributed by atoms with Crippen LogP contribution in [0.15, 0.2) is 54.1 Å². The van der Waals surface area contributed by atoms with Crippen molar-refractivity contribution < 1.29 is 5.82 Å². The Bertz CT molecular complexity index is 642. The molecule has 0 radical (unpaired) electrons. The highest BCUT2D eigenvalue weighted by Gasteiger charge is 2.00. The minimum Gasteiger partial charge on any atom is -0.277 e. The van der Waals surface area contributed by atoms with Crippen molar-refractivity contribution in [2.24, 2.45) is 0 Å². The quantitative estimate of drug-likeness (QED) is 0.622. The van der Waals surface area contributed by atoms with E-state index in [0.29, 0.717) is 7.18 Å². The van der Waals surface area contributed by atoms with Crippen molar-refractivity contribution >= 4 is 17.0 Å². The molecule has 0 atom stereocenters. The number of para-hydroxylation sites is 1. The van der Waals surface area contributed by atoms with E-state index in [1.165, 1.54) is 17.4 Å². The Morgan fingerprint density at radius 3 is 2.42 bits per heavy atom. The summed E-state index contributed by atoms with van der Waals surface area (Å²) in [6.45, 7) is 8.25. The summed E-state index contributed by atoms with van der Waals surface area (Å²) in [5.41, 5.74) is 3.35. The Kier molecular flexibility index (Phi) is 13.1. The number of hydrogen-bond acceptors (Lipinski definition) is 1. The van der Waals surface area contributed by atoms with Crippen LogP contribution in [-0.2, 0) is 0 Å². The second-order valence-corrected chi connectivity index (χ2v) is 4.88. The highest BCUT2D eigenvalue weighted by molar-refractivity contribution is 5.86. The first-order chi connectivity index (χ1) is 11.8. The van der Waals surface area contributed by atoms with Gasteiger partial charge in [-0.25, -0.2) is 0 Å². The molecule has 0 fully saturated rings. The van der Waals surface area contributed by atoms with E-state index in [0.717, 1.165) is 24.1 Å². The molecular weight excluding hydrogens is 299 g/mol. The van der Waals surface area contributed by atoms with Gasteiger partial charge in [-0.1, -0.05) is 76.6 Å². The van der Waals surface area contributed by atoms with E-state index in [2.05, 4.69) is 60.5 Å². The molecule has 0 spiro atoms. The van der Waals surface area contributed by atoms with Gasteiger partial charge >= 0.3 is 0 Å². The van der Waals surface area contributed by atoms with Crippen molar-refractivity contribution in [3.8, 4) is 0 Å². The van der Waals surface area contributed by atoms with E-state index in [9.17, 15) is 4.39 Å². The lowest BCUT2D eigenvalue weighted by atomic mass is 10.1. The molecule has 3 rings (SSSR count). The number of halogens is 1. The molecule has 0 bridgehead atoms. The van der Waals surface area contributed by atoms with Gasteiger partial charge < -0.3 is 0 Å². The van der Waals surface area contributed by atoms with Gasteiger partial charge in [-0.15, -0.1) is 0 Å². The number of fused-ring (bicyclic) bond motifs is 1. The summed E-state index contributed by atoms with van der Waals surface area (Å²) in [5, 5.41) is 8.52. The molecule has 0 amide bonds. The maximum atomic E-state index is 9.50. The van der Waals surface area contributed by atoms with Gasteiger partial charge in [0, 0.05) is 6.81 Å². The van der Waals surface area contributed by atoms with E-state index < -0.39 is 0 Å². The highest BCUT2D eigenvalue weighted by Crippen LogP contribution is 2.18. The zero-order valence-corrected chi connectivity index (χ0v) is 15.6. The van der Waals surface area contributed by atoms with Crippen molar-refractivity contribution in [2.75, 3.05) is 7.18 Å². The smallest absolute Gasteiger partial charge is 0.0927 e. The van der Waals surface area contributed by atoms with Gasteiger partial charge in [0.25, 0.3) is 0 Å². The maximum Gasteiger partial charge on any atom is 0.0927 e. The summed E-state index contributed by atoms with van der Waals surface area (Å²) in [5.74, 6) is 0. The number of hydrogen-bond donors (Lipinski definition) is 1. The lowest BCUT2D eigenvalue weighted by molar-refractivity contribution is 0.636. The van der Waals surface area contributed by atoms with Crippen LogP contribution in [0.4, 0.5) is 4.39 Å². The molecule has 0 saturated carbocycles. The summed E-state index contributed by atoms with van der Waals surface area (Å²) in [6, 6.07) is 8.18. The Morgan fingerprint density at radius 1 is 1.12 bits per heavy atom. The first-order valence-corrected chi connectivity index (χ1v) is 8.70. The molecule has 2 aromatic rings. The Balaban J connectivity index is 0. The van der Waals surface area contributed by atoms with E-state index in [4.69, 9.17) is 0 Å². The standard InChI is InChI=1S/C15H14N2.C3H8.C2H6.CH3F.H2/c1-2-6-12(7-3-1)10-11-15-13-8-4-5-9-14(13)16-17-15;1-3-2;2*1-2;/h2,4-11H,1,3H2,(H,16,17);3H2,1-2H3;1-2H3;1H3;1H/b11-10+;;;;. The van der Waals surface area contributed by atoms with Crippen LogP contribution >= 0.6 is 0 Å². The van der Waals surface area contributed by atoms with E-state index >= 15 is 0 Å². The van der Waals surface area contributed by atoms with Gasteiger partial charge in [-0.2, -0.15) is 5.10 Å². The molecule has 1 aromatic carbocycles. The monoisotopic (exact) mass is 332 g/mol. The number of nitrogens with zero attached hydrogens (tertiary/aromatic N) is 1. The second kappa shape index (κ2) is 14.4. The molecule has 2 nitrogen and oxygen atoms in total. The van der Waals surface area contributed by atoms with E-state index in [1.807, 2.05) is 32.0 Å². The average Bonchev–Trinajstić information content (AvgIpc) is 3.08. The number of rotatable bonds is 2. The molecule has 1 aromatic heterocycles. The van der Waals surface area contributed by atoms with E-state index in [1.54, 1.807) is 0 Å². The molecule has 134 valence electrons. The fraction of sp³-hybridized carbons (Fsp3) is 0.381. The third-order valence-corrected chi connectivity index (χ3v) is 2.96. The number of aromatic amines is 1. The molecular formula is C21H33FN2. The van der Waals surface area contributed by atoms with Gasteiger partial charge in [0.2, 0.25) is 0 Å². The molecule has 24 heavy (non-hydrogen) atoms. The minimum atomic E-state index is 0. The predicted molar refractivity (Wildman–Crippen MR) is 108 cm³/mol. The number of aromatic nitrogens is 2. The van der Waals surface area contributed by atoms with Crippen molar-refractivity contribution in [3.63, 3.8) is 0 Å². The van der Waals surface area contributed by atoms with Gasteiger partial charge in [0.05, 0.1) is 18.4 Å². The molecule has 1 N–H and O–H groups in total. The molecule has 0 unspecified atom stereocenters. The normalized spacial score (nSPS) is 12.3. The van der Waals surface area contributed by atoms with Crippen LogP contribution in [0.25, 0.3) is 17.0 Å². The van der Waals surface area contributed by atoms with Crippen LogP contribution in [0, 0.1) is 0 Å². The van der Waals surface area contributed by atoms with Crippen molar-refractivity contribution in [1.29, 1.82) is 0 Å². The number of allylic oxidation sites excluding steroid dienone is 5. The fourth-order valence-corrected chi connectivity index (χ4v) is 2.04. The van der Waals surface area contributed by atoms with Crippen LogP contribution in [0.2, 0.25) is 0 Å². The lowest BCUT2D eigenvalue weighted by Crippen LogP contribution is -1.80. The zero-order valence-electron chi connectivity index (χ0n) is 15.6. The topological polar surface area (TPSA) is 28.7 Å². The van der Waals surface area contributed by atoms with Crippen LogP contribution < -0.4 is 0 Å². The molecule has 1 heterocycles. The van der Waals surface area contributed by atoms with Crippen molar-refractivity contribution in [1.82, 2.24) is 10.2 Å². The van der Waals surface area contributed by atoms with Gasteiger partial charge in [-0.05, 0) is 30.6 Å². The second-order valence-electron chi connectivity index (χ2n) is 4.88. The molecule has 0 saturated heterocycles. The summed E-state index contributed by atoms with van der Waals surface area (Å²) in [6.07, 6.45) is 14.4. The first kappa shape index (κ1) is 21.8. The van der Waals surface area contributed by atoms with Gasteiger partial charge in [0.1, 0.15) is 0 Å². The van der Waals surface area contributed by atoms with Crippen LogP contribution in [-0.4, -0.2) is 17.4 Å². The summed E-state index contributed by atoms with van der Waals surface area (Å²) >= 11 is 0. The summed E-state index contributed by atoms with van der Waals surface area (Å²) < 4.78 is 9.50. The summed E-state index contributed by atoms with van der Waals surface area (Å²) in [7, 11) is 0.500. The largest absolute Gasteiger partial charge is 0.277 e. The highest BCUT2D eigenvalue weighted by atomic mass is 19.1. The summed E-state index contributed by atoms with van der Waals surface area (Å²) in [4.78, 5) is 0. The fourth-order valence-electron chi connectivity index (χ4n) is 2.04. The lowest BCUT2D eigenvalue weighted by Gasteiger charge is -2.00. The van der Waals surface area contributed by atoms with Gasteiger partial charge in [0.15, 0.2) is 0 Å². The third kappa shape index (κ3) is 7.40.